The number of hydrogen-bond donors (Lipinski definition) is 0. The van der Waals surface area contributed by atoms with Crippen LogP contribution < -0.4 is 0 Å². The lowest BCUT2D eigenvalue weighted by Crippen LogP contribution is -2.25. The molecule has 0 bridgehead atoms. The van der Waals surface area contributed by atoms with Gasteiger partial charge in [-0.15, -0.1) is 0 Å². The van der Waals surface area contributed by atoms with Crippen LogP contribution in [-0.2, 0) is 0 Å². The minimum absolute atomic E-state index is 0.551. The average Bonchev–Trinajstić information content (AvgIpc) is 2.90. The summed E-state index contributed by atoms with van der Waals surface area (Å²) in [5, 5.41) is 9.51. The van der Waals surface area contributed by atoms with Crippen molar-refractivity contribution in [3.63, 3.8) is 0 Å². The smallest absolute Gasteiger partial charge is 0.0638 e. The number of rotatable bonds is 2. The minimum Gasteiger partial charge on any atom is -0.303 e. The molecule has 2 rings (SSSR count). The largest absolute Gasteiger partial charge is 0.303 e. The summed E-state index contributed by atoms with van der Waals surface area (Å²) in [6.45, 7) is 2.46. The van der Waals surface area contributed by atoms with Gasteiger partial charge in [0.05, 0.1) is 12.5 Å². The molecule has 2 fully saturated rings. The molecule has 0 aromatic carbocycles. The van der Waals surface area contributed by atoms with Crippen molar-refractivity contribution in [3.05, 3.63) is 0 Å². The number of halogens is 1. The van der Waals surface area contributed by atoms with Crippen LogP contribution in [0.25, 0.3) is 0 Å². The van der Waals surface area contributed by atoms with Gasteiger partial charge in [0.2, 0.25) is 0 Å². The normalized spacial score (nSPS) is 29.8. The lowest BCUT2D eigenvalue weighted by Gasteiger charge is -2.15. The quantitative estimate of drug-likeness (QED) is 0.734. The molecule has 0 radical (unpaired) electrons. The van der Waals surface area contributed by atoms with Gasteiger partial charge in [-0.1, -0.05) is 15.9 Å². The molecule has 2 saturated heterocycles. The fourth-order valence-corrected chi connectivity index (χ4v) is 3.33. The zero-order chi connectivity index (χ0) is 12.7. The van der Waals surface area contributed by atoms with Crippen LogP contribution >= 0.6 is 15.9 Å². The second-order valence-electron chi connectivity index (χ2n) is 5.07. The molecule has 2 heterocycles. The van der Waals surface area contributed by atoms with E-state index in [0.29, 0.717) is 12.5 Å². The molecule has 2 aliphatic rings. The number of hydrogen-bond acceptors (Lipinski definition) is 3. The van der Waals surface area contributed by atoms with E-state index < -0.39 is 0 Å². The lowest BCUT2D eigenvalue weighted by atomic mass is 10.2. The summed E-state index contributed by atoms with van der Waals surface area (Å²) in [7, 11) is 4.29. The minimum atomic E-state index is 0.551. The highest BCUT2D eigenvalue weighted by Gasteiger charge is 2.19. The van der Waals surface area contributed by atoms with Crippen LogP contribution in [0.1, 0.15) is 32.1 Å². The second kappa shape index (κ2) is 8.07. The van der Waals surface area contributed by atoms with Gasteiger partial charge in [0.25, 0.3) is 0 Å². The third-order valence-corrected chi connectivity index (χ3v) is 4.60. The molecule has 4 heteroatoms. The highest BCUT2D eigenvalue weighted by Crippen LogP contribution is 2.16. The molecular weight excluding hydrogens is 278 g/mol. The van der Waals surface area contributed by atoms with Gasteiger partial charge in [0.15, 0.2) is 0 Å². The standard InChI is InChI=1S/C7H12N2.C6H12BrN/c1-9-6-2-3-7(9)4-5-8;1-8-4-2-3-6(8)5-7/h7H,2-4,6H2,1H3;6H,2-5H2,1H3/t7-;6-/m00/s1. The first-order valence-corrected chi connectivity index (χ1v) is 7.64. The van der Waals surface area contributed by atoms with Crippen molar-refractivity contribution < 1.29 is 0 Å². The fraction of sp³-hybridized carbons (Fsp3) is 0.923. The van der Waals surface area contributed by atoms with E-state index in [0.717, 1.165) is 11.4 Å². The van der Waals surface area contributed by atoms with E-state index in [1.807, 2.05) is 0 Å². The van der Waals surface area contributed by atoms with E-state index in [1.165, 1.54) is 38.8 Å². The third-order valence-electron chi connectivity index (χ3n) is 3.85. The summed E-state index contributed by atoms with van der Waals surface area (Å²) in [5.41, 5.74) is 0. The van der Waals surface area contributed by atoms with Crippen LogP contribution in [0, 0.1) is 11.3 Å². The maximum atomic E-state index is 8.37. The SMILES string of the molecule is CN1CCC[C@H]1CBr.CN1CCC[C@H]1CC#N. The molecule has 0 N–H and O–H groups in total. The molecule has 0 unspecified atom stereocenters. The van der Waals surface area contributed by atoms with Gasteiger partial charge in [0.1, 0.15) is 0 Å². The van der Waals surface area contributed by atoms with Gasteiger partial charge in [-0.05, 0) is 52.9 Å². The number of likely N-dealkylation sites (tertiary alicyclic amines) is 2. The summed E-state index contributed by atoms with van der Waals surface area (Å²) < 4.78 is 0. The van der Waals surface area contributed by atoms with Gasteiger partial charge in [-0.3, -0.25) is 0 Å². The maximum Gasteiger partial charge on any atom is 0.0638 e. The third kappa shape index (κ3) is 4.95. The molecule has 98 valence electrons. The summed E-state index contributed by atoms with van der Waals surface area (Å²) in [5.74, 6) is 0. The van der Waals surface area contributed by atoms with E-state index >= 15 is 0 Å². The van der Waals surface area contributed by atoms with E-state index in [1.54, 1.807) is 0 Å². The molecule has 0 aromatic rings. The molecule has 0 aromatic heterocycles. The molecule has 0 spiro atoms. The Morgan fingerprint density at radius 2 is 1.65 bits per heavy atom. The van der Waals surface area contributed by atoms with Crippen molar-refractivity contribution in [2.45, 2.75) is 44.2 Å². The van der Waals surface area contributed by atoms with Crippen LogP contribution in [0.4, 0.5) is 0 Å². The molecular formula is C13H24BrN3. The Labute approximate surface area is 114 Å². The molecule has 0 aliphatic carbocycles. The van der Waals surface area contributed by atoms with Gasteiger partial charge in [-0.2, -0.15) is 5.26 Å². The van der Waals surface area contributed by atoms with Gasteiger partial charge in [-0.25, -0.2) is 0 Å². The predicted octanol–water partition coefficient (Wildman–Crippen LogP) is 2.47. The second-order valence-corrected chi connectivity index (χ2v) is 5.72. The van der Waals surface area contributed by atoms with Crippen molar-refractivity contribution >= 4 is 15.9 Å². The Hall–Kier alpha value is -0.110. The molecule has 0 saturated carbocycles. The average molecular weight is 302 g/mol. The molecule has 0 amide bonds. The predicted molar refractivity (Wildman–Crippen MR) is 75.3 cm³/mol. The van der Waals surface area contributed by atoms with Crippen molar-refractivity contribution in [3.8, 4) is 6.07 Å². The van der Waals surface area contributed by atoms with Gasteiger partial charge in [0, 0.05) is 17.4 Å². The van der Waals surface area contributed by atoms with Crippen molar-refractivity contribution in [1.29, 1.82) is 5.26 Å². The zero-order valence-corrected chi connectivity index (χ0v) is 12.6. The topological polar surface area (TPSA) is 30.3 Å². The first-order chi connectivity index (χ1) is 8.19. The highest BCUT2D eigenvalue weighted by molar-refractivity contribution is 9.09. The monoisotopic (exact) mass is 301 g/mol. The summed E-state index contributed by atoms with van der Waals surface area (Å²) in [6.07, 6.45) is 5.94. The molecule has 2 aliphatic heterocycles. The Bertz CT molecular complexity index is 252. The van der Waals surface area contributed by atoms with Crippen LogP contribution in [0.2, 0.25) is 0 Å². The van der Waals surface area contributed by atoms with Crippen LogP contribution in [-0.4, -0.2) is 54.4 Å². The van der Waals surface area contributed by atoms with Crippen molar-refractivity contribution in [2.24, 2.45) is 0 Å². The van der Waals surface area contributed by atoms with Crippen LogP contribution in [0.5, 0.6) is 0 Å². The first kappa shape index (κ1) is 14.9. The number of nitrogens with zero attached hydrogens (tertiary/aromatic N) is 3. The van der Waals surface area contributed by atoms with E-state index in [4.69, 9.17) is 5.26 Å². The zero-order valence-electron chi connectivity index (χ0n) is 11.0. The van der Waals surface area contributed by atoms with Crippen molar-refractivity contribution in [1.82, 2.24) is 9.80 Å². The van der Waals surface area contributed by atoms with Gasteiger partial charge >= 0.3 is 0 Å². The Balaban J connectivity index is 0.000000171. The Morgan fingerprint density at radius 1 is 1.12 bits per heavy atom. The Kier molecular flexibility index (Phi) is 7.10. The summed E-state index contributed by atoms with van der Waals surface area (Å²) >= 11 is 3.47. The lowest BCUT2D eigenvalue weighted by molar-refractivity contribution is 0.315. The van der Waals surface area contributed by atoms with Crippen LogP contribution in [0.15, 0.2) is 0 Å². The fourth-order valence-electron chi connectivity index (χ4n) is 2.52. The van der Waals surface area contributed by atoms with Crippen molar-refractivity contribution in [2.75, 3.05) is 32.5 Å². The summed E-state index contributed by atoms with van der Waals surface area (Å²) in [4.78, 5) is 4.68. The van der Waals surface area contributed by atoms with E-state index in [2.05, 4.69) is 45.9 Å². The van der Waals surface area contributed by atoms with Gasteiger partial charge < -0.3 is 9.80 Å². The highest BCUT2D eigenvalue weighted by atomic mass is 79.9. The molecule has 17 heavy (non-hydrogen) atoms. The number of nitriles is 1. The molecule has 2 atom stereocenters. The summed E-state index contributed by atoms with van der Waals surface area (Å²) in [6, 6.07) is 3.56. The number of alkyl halides is 1. The molecule has 3 nitrogen and oxygen atoms in total. The van der Waals surface area contributed by atoms with Crippen LogP contribution in [0.3, 0.4) is 0 Å². The van der Waals surface area contributed by atoms with E-state index in [-0.39, 0.29) is 0 Å². The van der Waals surface area contributed by atoms with E-state index in [9.17, 15) is 0 Å². The Morgan fingerprint density at radius 3 is 1.94 bits per heavy atom. The maximum absolute atomic E-state index is 8.37. The first-order valence-electron chi connectivity index (χ1n) is 6.52.